The topological polar surface area (TPSA) is 72.7 Å². The van der Waals surface area contributed by atoms with Gasteiger partial charge in [-0.2, -0.15) is 5.10 Å². The molecular weight excluding hydrogens is 418 g/mol. The minimum Gasteiger partial charge on any atom is -0.481 e. The fourth-order valence-electron chi connectivity index (χ4n) is 5.42. The van der Waals surface area contributed by atoms with E-state index in [0.29, 0.717) is 18.7 Å². The largest absolute Gasteiger partial charge is 0.481 e. The third-order valence-corrected chi connectivity index (χ3v) is 7.17. The number of hydrogen-bond acceptors (Lipinski definition) is 6. The lowest BCUT2D eigenvalue weighted by molar-refractivity contribution is -0.140. The molecule has 1 aromatic carbocycles. The summed E-state index contributed by atoms with van der Waals surface area (Å²) in [4.78, 5) is 22.0. The van der Waals surface area contributed by atoms with E-state index < -0.39 is 5.60 Å². The molecule has 2 aromatic heterocycles. The molecule has 0 aliphatic carbocycles. The van der Waals surface area contributed by atoms with Crippen molar-refractivity contribution in [2.24, 2.45) is 0 Å². The molecule has 33 heavy (non-hydrogen) atoms. The summed E-state index contributed by atoms with van der Waals surface area (Å²) in [6, 6.07) is 16.2. The molecule has 170 valence electrons. The number of aromatic nitrogens is 3. The molecule has 3 aliphatic heterocycles. The Labute approximate surface area is 192 Å². The van der Waals surface area contributed by atoms with Crippen LogP contribution >= 0.6 is 0 Å². The summed E-state index contributed by atoms with van der Waals surface area (Å²) in [6.07, 6.45) is 6.75. The first-order chi connectivity index (χ1) is 16.2. The molecule has 3 fully saturated rings. The lowest BCUT2D eigenvalue weighted by atomic mass is 9.89. The van der Waals surface area contributed by atoms with Gasteiger partial charge in [0, 0.05) is 50.5 Å². The minimum absolute atomic E-state index is 0.102. The zero-order chi connectivity index (χ0) is 22.4. The van der Waals surface area contributed by atoms with Crippen molar-refractivity contribution in [3.05, 3.63) is 66.5 Å². The van der Waals surface area contributed by atoms with Crippen molar-refractivity contribution in [2.45, 2.75) is 43.6 Å². The molecule has 3 aliphatic rings. The van der Waals surface area contributed by atoms with Gasteiger partial charge in [0.25, 0.3) is 5.91 Å². The van der Waals surface area contributed by atoms with E-state index in [9.17, 15) is 4.79 Å². The Bertz CT molecular complexity index is 1160. The standard InChI is InChI=1S/C25H27N5O3/c1-32-22-17-19(9-13-26-22)29-14-10-21(27-29)28-15-11-25(12-16-28)24(31)30-20(7-8-23(30)33-25)18-5-3-2-4-6-18/h2-6,9-10,13-14,17,20,23H,7-8,11-12,15-16H2,1H3/t20-,23+/m0/s1. The first-order valence-electron chi connectivity index (χ1n) is 11.5. The van der Waals surface area contributed by atoms with Gasteiger partial charge < -0.3 is 19.3 Å². The van der Waals surface area contributed by atoms with Crippen molar-refractivity contribution in [1.29, 1.82) is 0 Å². The smallest absolute Gasteiger partial charge is 0.257 e. The van der Waals surface area contributed by atoms with Crippen LogP contribution in [-0.4, -0.2) is 57.6 Å². The molecule has 1 amide bonds. The minimum atomic E-state index is -0.699. The molecule has 0 saturated carbocycles. The second-order valence-corrected chi connectivity index (χ2v) is 8.95. The van der Waals surface area contributed by atoms with E-state index in [-0.39, 0.29) is 18.2 Å². The van der Waals surface area contributed by atoms with E-state index in [1.54, 1.807) is 13.3 Å². The van der Waals surface area contributed by atoms with Crippen LogP contribution in [0.2, 0.25) is 0 Å². The van der Waals surface area contributed by atoms with Crippen LogP contribution in [0.15, 0.2) is 60.9 Å². The Morgan fingerprint density at radius 3 is 2.70 bits per heavy atom. The number of piperidine rings is 1. The average molecular weight is 446 g/mol. The van der Waals surface area contributed by atoms with Crippen LogP contribution in [-0.2, 0) is 9.53 Å². The fraction of sp³-hybridized carbons (Fsp3) is 0.400. The summed E-state index contributed by atoms with van der Waals surface area (Å²) in [6.45, 7) is 1.47. The normalized spacial score (nSPS) is 23.8. The van der Waals surface area contributed by atoms with E-state index in [1.807, 2.05) is 52.2 Å². The third kappa shape index (κ3) is 3.36. The number of rotatable bonds is 4. The average Bonchev–Trinajstić information content (AvgIpc) is 3.57. The van der Waals surface area contributed by atoms with E-state index in [4.69, 9.17) is 14.6 Å². The highest BCUT2D eigenvalue weighted by molar-refractivity contribution is 5.88. The number of benzene rings is 1. The van der Waals surface area contributed by atoms with Crippen molar-refractivity contribution in [3.8, 4) is 11.6 Å². The number of anilines is 1. The number of pyridine rings is 1. The van der Waals surface area contributed by atoms with Gasteiger partial charge in [-0.1, -0.05) is 30.3 Å². The second kappa shape index (κ2) is 7.88. The molecule has 3 aromatic rings. The van der Waals surface area contributed by atoms with Gasteiger partial charge in [0.1, 0.15) is 6.23 Å². The molecule has 6 rings (SSSR count). The maximum atomic E-state index is 13.6. The summed E-state index contributed by atoms with van der Waals surface area (Å²) in [7, 11) is 1.60. The van der Waals surface area contributed by atoms with Gasteiger partial charge in [-0.25, -0.2) is 9.67 Å². The third-order valence-electron chi connectivity index (χ3n) is 7.17. The number of hydrogen-bond donors (Lipinski definition) is 0. The molecule has 0 unspecified atom stereocenters. The lowest BCUT2D eigenvalue weighted by Crippen LogP contribution is -2.50. The number of carbonyl (C=O) groups is 1. The molecule has 1 spiro atoms. The Balaban J connectivity index is 1.16. The second-order valence-electron chi connectivity index (χ2n) is 8.95. The van der Waals surface area contributed by atoms with Gasteiger partial charge in [0.2, 0.25) is 5.88 Å². The quantitative estimate of drug-likeness (QED) is 0.613. The number of ether oxygens (including phenoxy) is 2. The summed E-state index contributed by atoms with van der Waals surface area (Å²) in [5, 5.41) is 4.75. The highest BCUT2D eigenvalue weighted by Crippen LogP contribution is 2.47. The Morgan fingerprint density at radius 2 is 1.91 bits per heavy atom. The summed E-state index contributed by atoms with van der Waals surface area (Å²) < 4.78 is 13.5. The van der Waals surface area contributed by atoms with Crippen LogP contribution in [0.4, 0.5) is 5.82 Å². The first-order valence-corrected chi connectivity index (χ1v) is 11.5. The van der Waals surface area contributed by atoms with E-state index in [2.05, 4.69) is 22.0 Å². The molecular formula is C25H27N5O3. The van der Waals surface area contributed by atoms with Crippen LogP contribution in [0.3, 0.4) is 0 Å². The van der Waals surface area contributed by atoms with Crippen LogP contribution < -0.4 is 9.64 Å². The molecule has 2 atom stereocenters. The van der Waals surface area contributed by atoms with Crippen LogP contribution in [0, 0.1) is 0 Å². The van der Waals surface area contributed by atoms with Gasteiger partial charge >= 0.3 is 0 Å². The first kappa shape index (κ1) is 20.2. The van der Waals surface area contributed by atoms with Crippen LogP contribution in [0.5, 0.6) is 5.88 Å². The van der Waals surface area contributed by atoms with Crippen LogP contribution in [0.1, 0.15) is 37.3 Å². The van der Waals surface area contributed by atoms with Crippen molar-refractivity contribution < 1.29 is 14.3 Å². The molecule has 8 nitrogen and oxygen atoms in total. The van der Waals surface area contributed by atoms with Gasteiger partial charge in [-0.05, 0) is 24.5 Å². The number of methoxy groups -OCH3 is 1. The van der Waals surface area contributed by atoms with Crippen molar-refractivity contribution in [3.63, 3.8) is 0 Å². The summed E-state index contributed by atoms with van der Waals surface area (Å²) in [5.41, 5.74) is 1.39. The van der Waals surface area contributed by atoms with Gasteiger partial charge in [-0.15, -0.1) is 0 Å². The fourth-order valence-corrected chi connectivity index (χ4v) is 5.42. The van der Waals surface area contributed by atoms with Crippen molar-refractivity contribution in [1.82, 2.24) is 19.7 Å². The predicted molar refractivity (Wildman–Crippen MR) is 122 cm³/mol. The molecule has 5 heterocycles. The lowest BCUT2D eigenvalue weighted by Gasteiger charge is -2.37. The Hall–Kier alpha value is -3.39. The number of carbonyl (C=O) groups excluding carboxylic acids is 1. The number of fused-ring (bicyclic) bond motifs is 1. The monoisotopic (exact) mass is 445 g/mol. The predicted octanol–water partition coefficient (Wildman–Crippen LogP) is 3.33. The number of nitrogens with zero attached hydrogens (tertiary/aromatic N) is 5. The maximum Gasteiger partial charge on any atom is 0.257 e. The summed E-state index contributed by atoms with van der Waals surface area (Å²) >= 11 is 0. The molecule has 8 heteroatoms. The van der Waals surface area contributed by atoms with Crippen molar-refractivity contribution in [2.75, 3.05) is 25.1 Å². The maximum absolute atomic E-state index is 13.6. The van der Waals surface area contributed by atoms with E-state index in [1.165, 1.54) is 5.56 Å². The zero-order valence-corrected chi connectivity index (χ0v) is 18.6. The Kier molecular flexibility index (Phi) is 4.83. The van der Waals surface area contributed by atoms with Crippen molar-refractivity contribution >= 4 is 11.7 Å². The number of amides is 1. The summed E-state index contributed by atoms with van der Waals surface area (Å²) in [5.74, 6) is 1.61. The van der Waals surface area contributed by atoms with Gasteiger partial charge in [-0.3, -0.25) is 4.79 Å². The van der Waals surface area contributed by atoms with Crippen LogP contribution in [0.25, 0.3) is 5.69 Å². The molecule has 0 bridgehead atoms. The van der Waals surface area contributed by atoms with Gasteiger partial charge in [0.05, 0.1) is 18.8 Å². The highest BCUT2D eigenvalue weighted by atomic mass is 16.6. The molecule has 0 N–H and O–H groups in total. The molecule has 3 saturated heterocycles. The Morgan fingerprint density at radius 1 is 1.09 bits per heavy atom. The zero-order valence-electron chi connectivity index (χ0n) is 18.6. The van der Waals surface area contributed by atoms with E-state index >= 15 is 0 Å². The van der Waals surface area contributed by atoms with E-state index in [0.717, 1.165) is 37.4 Å². The van der Waals surface area contributed by atoms with Gasteiger partial charge in [0.15, 0.2) is 11.4 Å². The molecule has 0 radical (unpaired) electrons. The SMILES string of the molecule is COc1cc(-n2ccc(N3CCC4(CC3)O[C@@H]3CC[C@@H](c5ccccc5)N3C4=O)n2)ccn1. The highest BCUT2D eigenvalue weighted by Gasteiger charge is 2.57.